The molecule has 0 saturated carbocycles. The van der Waals surface area contributed by atoms with Crippen molar-refractivity contribution in [2.45, 2.75) is 10.1 Å². The molecule has 0 aliphatic carbocycles. The minimum absolute atomic E-state index is 0.0479. The third kappa shape index (κ3) is 5.17. The van der Waals surface area contributed by atoms with Crippen molar-refractivity contribution in [3.8, 4) is 11.5 Å². The molecule has 0 aliphatic heterocycles. The van der Waals surface area contributed by atoms with Gasteiger partial charge in [-0.3, -0.25) is 4.79 Å². The number of thiophene rings is 1. The van der Waals surface area contributed by atoms with Gasteiger partial charge in [0.15, 0.2) is 28.0 Å². The summed E-state index contributed by atoms with van der Waals surface area (Å²) in [6.45, 7) is -0.574. The highest BCUT2D eigenvalue weighted by atomic mass is 32.2. The molecule has 0 unspecified atom stereocenters. The van der Waals surface area contributed by atoms with Crippen molar-refractivity contribution in [2.24, 2.45) is 0 Å². The molecule has 30 heavy (non-hydrogen) atoms. The Morgan fingerprint density at radius 1 is 1.10 bits per heavy atom. The van der Waals surface area contributed by atoms with Crippen LogP contribution in [0.15, 0.2) is 70.9 Å². The third-order valence-corrected chi connectivity index (χ3v) is 7.54. The van der Waals surface area contributed by atoms with Crippen LogP contribution < -0.4 is 14.8 Å². The smallest absolute Gasteiger partial charge is 0.257 e. The average molecular weight is 450 g/mol. The standard InChI is InChI=1S/C21H20FNO5S2/c1-27-15-8-10-16(11-9-15)30(25,26)20(19-7-4-12-29-19)13-23-21(24)14-28-18-6-3-2-5-17(18)22/h2-12,20H,13-14H2,1H3,(H,23,24)/t20-/m0/s1. The van der Waals surface area contributed by atoms with Gasteiger partial charge in [0.2, 0.25) is 0 Å². The van der Waals surface area contributed by atoms with Crippen LogP contribution in [-0.4, -0.2) is 34.6 Å². The number of halogens is 1. The number of carbonyl (C=O) groups is 1. The largest absolute Gasteiger partial charge is 0.497 e. The Balaban J connectivity index is 1.71. The Labute approximate surface area is 178 Å². The van der Waals surface area contributed by atoms with E-state index in [1.165, 1.54) is 48.8 Å². The van der Waals surface area contributed by atoms with E-state index in [9.17, 15) is 17.6 Å². The molecule has 158 valence electrons. The number of carbonyl (C=O) groups excluding carboxylic acids is 1. The van der Waals surface area contributed by atoms with Crippen LogP contribution in [0.4, 0.5) is 4.39 Å². The van der Waals surface area contributed by atoms with E-state index in [1.54, 1.807) is 35.7 Å². The molecule has 6 nitrogen and oxygen atoms in total. The minimum Gasteiger partial charge on any atom is -0.497 e. The number of hydrogen-bond donors (Lipinski definition) is 1. The highest BCUT2D eigenvalue weighted by Gasteiger charge is 2.30. The lowest BCUT2D eigenvalue weighted by Gasteiger charge is -2.18. The van der Waals surface area contributed by atoms with Gasteiger partial charge in [-0.15, -0.1) is 11.3 Å². The maximum Gasteiger partial charge on any atom is 0.257 e. The van der Waals surface area contributed by atoms with Crippen LogP contribution in [0.25, 0.3) is 0 Å². The highest BCUT2D eigenvalue weighted by Crippen LogP contribution is 2.32. The zero-order valence-electron chi connectivity index (χ0n) is 16.1. The fourth-order valence-electron chi connectivity index (χ4n) is 2.73. The quantitative estimate of drug-likeness (QED) is 0.540. The molecular formula is C21H20FNO5S2. The normalized spacial score (nSPS) is 12.2. The fourth-order valence-corrected chi connectivity index (χ4v) is 5.51. The first-order valence-corrected chi connectivity index (χ1v) is 11.4. The summed E-state index contributed by atoms with van der Waals surface area (Å²) in [5.74, 6) is -0.637. The molecule has 3 aromatic rings. The Morgan fingerprint density at radius 3 is 2.47 bits per heavy atom. The van der Waals surface area contributed by atoms with Gasteiger partial charge in [-0.25, -0.2) is 12.8 Å². The van der Waals surface area contributed by atoms with E-state index in [0.717, 1.165) is 0 Å². The summed E-state index contributed by atoms with van der Waals surface area (Å²) in [6, 6.07) is 15.3. The summed E-state index contributed by atoms with van der Waals surface area (Å²) in [4.78, 5) is 12.9. The van der Waals surface area contributed by atoms with Gasteiger partial charge in [0.25, 0.3) is 5.91 Å². The SMILES string of the molecule is COc1ccc(S(=O)(=O)[C@@H](CNC(=O)COc2ccccc2F)c2cccs2)cc1. The minimum atomic E-state index is -3.78. The summed E-state index contributed by atoms with van der Waals surface area (Å²) in [6.07, 6.45) is 0. The van der Waals surface area contributed by atoms with Crippen LogP contribution >= 0.6 is 11.3 Å². The molecule has 1 atom stereocenters. The Morgan fingerprint density at radius 2 is 1.83 bits per heavy atom. The molecule has 1 amide bonds. The molecule has 1 aromatic heterocycles. The number of methoxy groups -OCH3 is 1. The van der Waals surface area contributed by atoms with Gasteiger partial charge >= 0.3 is 0 Å². The maximum atomic E-state index is 13.6. The van der Waals surface area contributed by atoms with Gasteiger partial charge in [0, 0.05) is 11.4 Å². The van der Waals surface area contributed by atoms with Crippen LogP contribution in [0.5, 0.6) is 11.5 Å². The maximum absolute atomic E-state index is 13.6. The molecule has 0 radical (unpaired) electrons. The second kappa shape index (κ2) is 9.73. The summed E-state index contributed by atoms with van der Waals surface area (Å²) in [5.41, 5.74) is 0. The number of amides is 1. The Hall–Kier alpha value is -2.91. The highest BCUT2D eigenvalue weighted by molar-refractivity contribution is 7.91. The molecular weight excluding hydrogens is 429 g/mol. The molecule has 1 N–H and O–H groups in total. The van der Waals surface area contributed by atoms with E-state index < -0.39 is 33.4 Å². The van der Waals surface area contributed by atoms with Gasteiger partial charge in [-0.05, 0) is 47.8 Å². The van der Waals surface area contributed by atoms with E-state index in [-0.39, 0.29) is 17.2 Å². The monoisotopic (exact) mass is 449 g/mol. The van der Waals surface area contributed by atoms with Gasteiger partial charge in [0.1, 0.15) is 11.0 Å². The predicted molar refractivity (Wildman–Crippen MR) is 112 cm³/mol. The molecule has 0 saturated heterocycles. The summed E-state index contributed by atoms with van der Waals surface area (Å²) in [5, 5.41) is 3.38. The number of para-hydroxylation sites is 1. The lowest BCUT2D eigenvalue weighted by Crippen LogP contribution is -2.34. The Kier molecular flexibility index (Phi) is 7.07. The molecule has 9 heteroatoms. The van der Waals surface area contributed by atoms with Crippen molar-refractivity contribution in [2.75, 3.05) is 20.3 Å². The van der Waals surface area contributed by atoms with Crippen molar-refractivity contribution in [3.05, 3.63) is 76.7 Å². The summed E-state index contributed by atoms with van der Waals surface area (Å²) < 4.78 is 50.2. The number of hydrogen-bond acceptors (Lipinski definition) is 6. The van der Waals surface area contributed by atoms with Crippen LogP contribution in [0, 0.1) is 5.82 Å². The first kappa shape index (κ1) is 21.8. The van der Waals surface area contributed by atoms with E-state index in [2.05, 4.69) is 5.32 Å². The van der Waals surface area contributed by atoms with Crippen molar-refractivity contribution in [1.29, 1.82) is 0 Å². The molecule has 1 heterocycles. The fraction of sp³-hybridized carbons (Fsp3) is 0.190. The molecule has 2 aromatic carbocycles. The Bertz CT molecular complexity index is 1080. The van der Waals surface area contributed by atoms with Crippen LogP contribution in [-0.2, 0) is 14.6 Å². The number of rotatable bonds is 9. The lowest BCUT2D eigenvalue weighted by molar-refractivity contribution is -0.123. The van der Waals surface area contributed by atoms with E-state index in [4.69, 9.17) is 9.47 Å². The van der Waals surface area contributed by atoms with Crippen molar-refractivity contribution in [1.82, 2.24) is 5.32 Å². The average Bonchev–Trinajstić information content (AvgIpc) is 3.27. The second-order valence-electron chi connectivity index (χ2n) is 6.25. The topological polar surface area (TPSA) is 81.7 Å². The van der Waals surface area contributed by atoms with Crippen molar-refractivity contribution in [3.63, 3.8) is 0 Å². The molecule has 0 bridgehead atoms. The summed E-state index contributed by atoms with van der Waals surface area (Å²) in [7, 11) is -2.28. The van der Waals surface area contributed by atoms with Gasteiger partial charge < -0.3 is 14.8 Å². The number of nitrogens with one attached hydrogen (secondary N) is 1. The second-order valence-corrected chi connectivity index (χ2v) is 9.36. The third-order valence-electron chi connectivity index (χ3n) is 4.30. The number of sulfone groups is 1. The van der Waals surface area contributed by atoms with Crippen LogP contribution in [0.3, 0.4) is 0 Å². The first-order chi connectivity index (χ1) is 14.4. The molecule has 3 rings (SSSR count). The molecule has 0 spiro atoms. The van der Waals surface area contributed by atoms with Gasteiger partial charge in [0.05, 0.1) is 12.0 Å². The van der Waals surface area contributed by atoms with E-state index in [1.807, 2.05) is 0 Å². The predicted octanol–water partition coefficient (Wildman–Crippen LogP) is 3.61. The lowest BCUT2D eigenvalue weighted by atomic mass is 10.3. The van der Waals surface area contributed by atoms with E-state index in [0.29, 0.717) is 10.6 Å². The van der Waals surface area contributed by atoms with Crippen LogP contribution in [0.2, 0.25) is 0 Å². The van der Waals surface area contributed by atoms with Crippen LogP contribution in [0.1, 0.15) is 10.1 Å². The van der Waals surface area contributed by atoms with Gasteiger partial charge in [-0.1, -0.05) is 18.2 Å². The van der Waals surface area contributed by atoms with E-state index >= 15 is 0 Å². The summed E-state index contributed by atoms with van der Waals surface area (Å²) >= 11 is 1.29. The zero-order chi connectivity index (χ0) is 21.6. The van der Waals surface area contributed by atoms with Crippen molar-refractivity contribution < 1.29 is 27.1 Å². The van der Waals surface area contributed by atoms with Crippen molar-refractivity contribution >= 4 is 27.1 Å². The number of benzene rings is 2. The molecule has 0 aliphatic rings. The number of ether oxygens (including phenoxy) is 2. The van der Waals surface area contributed by atoms with Gasteiger partial charge in [-0.2, -0.15) is 0 Å². The first-order valence-electron chi connectivity index (χ1n) is 8.97. The zero-order valence-corrected chi connectivity index (χ0v) is 17.7. The molecule has 0 fully saturated rings.